The molecule has 1 nitrogen and oxygen atoms in total. The predicted molar refractivity (Wildman–Crippen MR) is 65.6 cm³/mol. The molecule has 2 atom stereocenters. The lowest BCUT2D eigenvalue weighted by Gasteiger charge is -2.21. The average molecular weight is 197 g/mol. The summed E-state index contributed by atoms with van der Waals surface area (Å²) < 4.78 is 0. The fourth-order valence-electron chi connectivity index (χ4n) is 1.66. The zero-order chi connectivity index (χ0) is 11.0. The molecular weight excluding hydrogens is 170 g/mol. The molecule has 0 aromatic rings. The van der Waals surface area contributed by atoms with E-state index < -0.39 is 0 Å². The minimum absolute atomic E-state index is 0.641. The molecule has 1 heteroatoms. The first-order valence-corrected chi connectivity index (χ1v) is 5.97. The molecule has 0 saturated carbocycles. The average Bonchev–Trinajstić information content (AvgIpc) is 2.13. The van der Waals surface area contributed by atoms with Crippen LogP contribution in [-0.4, -0.2) is 12.6 Å². The highest BCUT2D eigenvalue weighted by Crippen LogP contribution is 2.14. The van der Waals surface area contributed by atoms with Crippen LogP contribution in [-0.2, 0) is 0 Å². The Kier molecular flexibility index (Phi) is 7.87. The van der Waals surface area contributed by atoms with Crippen molar-refractivity contribution >= 4 is 0 Å². The minimum Gasteiger partial charge on any atom is -0.314 e. The van der Waals surface area contributed by atoms with Gasteiger partial charge < -0.3 is 5.32 Å². The van der Waals surface area contributed by atoms with Crippen molar-refractivity contribution in [1.82, 2.24) is 5.32 Å². The van der Waals surface area contributed by atoms with Crippen LogP contribution in [0.4, 0.5) is 0 Å². The topological polar surface area (TPSA) is 12.0 Å². The van der Waals surface area contributed by atoms with Gasteiger partial charge in [-0.3, -0.25) is 0 Å². The first-order valence-electron chi connectivity index (χ1n) is 5.97. The summed E-state index contributed by atoms with van der Waals surface area (Å²) in [5.74, 6) is 0.823. The fraction of sp³-hybridized carbons (Fsp3) is 0.846. The van der Waals surface area contributed by atoms with Gasteiger partial charge in [0, 0.05) is 6.04 Å². The molecule has 0 fully saturated rings. The van der Waals surface area contributed by atoms with E-state index in [1.165, 1.54) is 24.8 Å². The second kappa shape index (κ2) is 8.05. The quantitative estimate of drug-likeness (QED) is 0.584. The van der Waals surface area contributed by atoms with Gasteiger partial charge in [0.2, 0.25) is 0 Å². The molecule has 14 heavy (non-hydrogen) atoms. The van der Waals surface area contributed by atoms with Crippen molar-refractivity contribution in [2.45, 2.75) is 59.4 Å². The highest BCUT2D eigenvalue weighted by atomic mass is 14.9. The molecule has 0 aromatic heterocycles. The van der Waals surface area contributed by atoms with E-state index in [1.807, 2.05) is 0 Å². The molecule has 0 saturated heterocycles. The maximum Gasteiger partial charge on any atom is 0.0107 e. The smallest absolute Gasteiger partial charge is 0.0107 e. The minimum atomic E-state index is 0.641. The van der Waals surface area contributed by atoms with Crippen LogP contribution in [0.1, 0.15) is 53.4 Å². The van der Waals surface area contributed by atoms with Crippen LogP contribution in [0.5, 0.6) is 0 Å². The van der Waals surface area contributed by atoms with Crippen LogP contribution < -0.4 is 5.32 Å². The van der Waals surface area contributed by atoms with Gasteiger partial charge in [0.15, 0.2) is 0 Å². The molecule has 0 spiro atoms. The van der Waals surface area contributed by atoms with Gasteiger partial charge in [0.25, 0.3) is 0 Å². The number of hydrogen-bond donors (Lipinski definition) is 1. The summed E-state index contributed by atoms with van der Waals surface area (Å²) in [6, 6.07) is 0.641. The first kappa shape index (κ1) is 13.7. The molecule has 0 amide bonds. The van der Waals surface area contributed by atoms with Crippen LogP contribution in [0.15, 0.2) is 12.2 Å². The van der Waals surface area contributed by atoms with Crippen molar-refractivity contribution in [2.75, 3.05) is 6.54 Å². The standard InChI is InChI=1S/C13H27N/c1-6-8-14-13(9-11(3)4)10-12(5)7-2/h12-14H,3,6-10H2,1-2,4-5H3. The van der Waals surface area contributed by atoms with Crippen LogP contribution in [0, 0.1) is 5.92 Å². The van der Waals surface area contributed by atoms with Gasteiger partial charge in [0.05, 0.1) is 0 Å². The van der Waals surface area contributed by atoms with E-state index in [4.69, 9.17) is 0 Å². The van der Waals surface area contributed by atoms with E-state index in [-0.39, 0.29) is 0 Å². The third-order valence-corrected chi connectivity index (χ3v) is 2.66. The molecular formula is C13H27N. The van der Waals surface area contributed by atoms with Crippen molar-refractivity contribution in [3.8, 4) is 0 Å². The summed E-state index contributed by atoms with van der Waals surface area (Å²) in [6.45, 7) is 14.1. The van der Waals surface area contributed by atoms with Gasteiger partial charge in [-0.15, -0.1) is 6.58 Å². The zero-order valence-electron chi connectivity index (χ0n) is 10.4. The Bertz CT molecular complexity index is 151. The third kappa shape index (κ3) is 7.14. The first-order chi connectivity index (χ1) is 6.60. The summed E-state index contributed by atoms with van der Waals surface area (Å²) in [5, 5.41) is 3.61. The summed E-state index contributed by atoms with van der Waals surface area (Å²) in [5.41, 5.74) is 1.29. The van der Waals surface area contributed by atoms with E-state index in [2.05, 4.69) is 39.6 Å². The van der Waals surface area contributed by atoms with Gasteiger partial charge in [-0.1, -0.05) is 32.8 Å². The summed E-state index contributed by atoms with van der Waals surface area (Å²) >= 11 is 0. The lowest BCUT2D eigenvalue weighted by molar-refractivity contribution is 0.391. The van der Waals surface area contributed by atoms with Gasteiger partial charge in [-0.25, -0.2) is 0 Å². The van der Waals surface area contributed by atoms with Crippen molar-refractivity contribution in [3.05, 3.63) is 12.2 Å². The van der Waals surface area contributed by atoms with Crippen molar-refractivity contribution in [1.29, 1.82) is 0 Å². The lowest BCUT2D eigenvalue weighted by Crippen LogP contribution is -2.31. The second-order valence-electron chi connectivity index (χ2n) is 4.56. The van der Waals surface area contributed by atoms with Gasteiger partial charge in [0.1, 0.15) is 0 Å². The fourth-order valence-corrected chi connectivity index (χ4v) is 1.66. The van der Waals surface area contributed by atoms with E-state index in [0.29, 0.717) is 6.04 Å². The largest absolute Gasteiger partial charge is 0.314 e. The molecule has 0 aliphatic carbocycles. The van der Waals surface area contributed by atoms with E-state index in [9.17, 15) is 0 Å². The highest BCUT2D eigenvalue weighted by molar-refractivity contribution is 4.93. The highest BCUT2D eigenvalue weighted by Gasteiger charge is 2.11. The summed E-state index contributed by atoms with van der Waals surface area (Å²) in [6.07, 6.45) is 4.90. The monoisotopic (exact) mass is 197 g/mol. The van der Waals surface area contributed by atoms with Crippen molar-refractivity contribution < 1.29 is 0 Å². The molecule has 0 aliphatic heterocycles. The molecule has 0 aliphatic rings. The number of hydrogen-bond acceptors (Lipinski definition) is 1. The van der Waals surface area contributed by atoms with Gasteiger partial charge >= 0.3 is 0 Å². The van der Waals surface area contributed by atoms with E-state index in [0.717, 1.165) is 18.9 Å². The molecule has 1 N–H and O–H groups in total. The Morgan fingerprint density at radius 2 is 2.00 bits per heavy atom. The maximum absolute atomic E-state index is 4.00. The molecule has 0 radical (unpaired) electrons. The number of rotatable bonds is 8. The van der Waals surface area contributed by atoms with E-state index >= 15 is 0 Å². The third-order valence-electron chi connectivity index (χ3n) is 2.66. The Hall–Kier alpha value is -0.300. The molecule has 0 bridgehead atoms. The lowest BCUT2D eigenvalue weighted by atomic mass is 9.95. The molecule has 0 aromatic carbocycles. The Balaban J connectivity index is 3.89. The van der Waals surface area contributed by atoms with Gasteiger partial charge in [-0.2, -0.15) is 0 Å². The van der Waals surface area contributed by atoms with Gasteiger partial charge in [-0.05, 0) is 38.6 Å². The van der Waals surface area contributed by atoms with Crippen LogP contribution in [0.3, 0.4) is 0 Å². The van der Waals surface area contributed by atoms with Crippen LogP contribution in [0.2, 0.25) is 0 Å². The summed E-state index contributed by atoms with van der Waals surface area (Å²) in [4.78, 5) is 0. The Morgan fingerprint density at radius 1 is 1.36 bits per heavy atom. The zero-order valence-corrected chi connectivity index (χ0v) is 10.4. The number of nitrogens with one attached hydrogen (secondary N) is 1. The van der Waals surface area contributed by atoms with Crippen LogP contribution in [0.25, 0.3) is 0 Å². The van der Waals surface area contributed by atoms with Crippen molar-refractivity contribution in [2.24, 2.45) is 5.92 Å². The molecule has 84 valence electrons. The van der Waals surface area contributed by atoms with E-state index in [1.54, 1.807) is 0 Å². The van der Waals surface area contributed by atoms with Crippen molar-refractivity contribution in [3.63, 3.8) is 0 Å². The molecule has 0 heterocycles. The normalized spacial score (nSPS) is 15.1. The van der Waals surface area contributed by atoms with Crippen LogP contribution >= 0.6 is 0 Å². The second-order valence-corrected chi connectivity index (χ2v) is 4.56. The predicted octanol–water partition coefficient (Wildman–Crippen LogP) is 3.76. The maximum atomic E-state index is 4.00. The molecule has 0 rings (SSSR count). The SMILES string of the molecule is C=C(C)CC(CC(C)CC)NCCC. The summed E-state index contributed by atoms with van der Waals surface area (Å²) in [7, 11) is 0. The molecule has 2 unspecified atom stereocenters. The Labute approximate surface area is 90.0 Å². The Morgan fingerprint density at radius 3 is 2.43 bits per heavy atom.